The summed E-state index contributed by atoms with van der Waals surface area (Å²) in [5.74, 6) is 0.183. The van der Waals surface area contributed by atoms with Crippen molar-refractivity contribution in [2.24, 2.45) is 0 Å². The van der Waals surface area contributed by atoms with E-state index in [-0.39, 0.29) is 11.6 Å². The fourth-order valence-corrected chi connectivity index (χ4v) is 2.87. The summed E-state index contributed by atoms with van der Waals surface area (Å²) in [4.78, 5) is 23.9. The second-order valence-corrected chi connectivity index (χ2v) is 5.93. The van der Waals surface area contributed by atoms with Crippen molar-refractivity contribution in [2.45, 2.75) is 26.3 Å². The lowest BCUT2D eigenvalue weighted by atomic mass is 10.1. The van der Waals surface area contributed by atoms with Crippen molar-refractivity contribution >= 4 is 23.0 Å². The van der Waals surface area contributed by atoms with Gasteiger partial charge in [0.15, 0.2) is 0 Å². The van der Waals surface area contributed by atoms with E-state index in [9.17, 15) is 14.9 Å². The molecule has 0 saturated carbocycles. The summed E-state index contributed by atoms with van der Waals surface area (Å²) in [6.45, 7) is 3.25. The van der Waals surface area contributed by atoms with Gasteiger partial charge in [0.1, 0.15) is 0 Å². The molecule has 0 atom stereocenters. The van der Waals surface area contributed by atoms with Crippen molar-refractivity contribution < 1.29 is 9.72 Å². The standard InChI is InChI=1S/C18H19N3O3/c1-13-11-16(21(23)24)8-9-17(13)19-12-14-4-6-15(7-5-14)20-10-2-3-18(20)22/h4-9,11,19H,2-3,10,12H2,1H3. The Bertz CT molecular complexity index is 772. The number of non-ortho nitro benzene ring substituents is 1. The molecule has 2 aromatic carbocycles. The van der Waals surface area contributed by atoms with Gasteiger partial charge >= 0.3 is 0 Å². The molecule has 1 amide bonds. The topological polar surface area (TPSA) is 75.5 Å². The molecule has 0 aromatic heterocycles. The van der Waals surface area contributed by atoms with Gasteiger partial charge in [0.05, 0.1) is 4.92 Å². The minimum absolute atomic E-state index is 0.0951. The molecule has 1 aliphatic rings. The number of carbonyl (C=O) groups is 1. The van der Waals surface area contributed by atoms with E-state index in [1.807, 2.05) is 36.1 Å². The fraction of sp³-hybridized carbons (Fsp3) is 0.278. The average Bonchev–Trinajstić information content (AvgIpc) is 3.00. The number of anilines is 2. The molecular weight excluding hydrogens is 306 g/mol. The number of hydrogen-bond acceptors (Lipinski definition) is 4. The first-order valence-corrected chi connectivity index (χ1v) is 7.93. The molecule has 2 aromatic rings. The molecule has 0 bridgehead atoms. The van der Waals surface area contributed by atoms with Crippen LogP contribution in [0.15, 0.2) is 42.5 Å². The predicted molar refractivity (Wildman–Crippen MR) is 93.2 cm³/mol. The van der Waals surface area contributed by atoms with Gasteiger partial charge in [0.25, 0.3) is 5.69 Å². The molecule has 1 N–H and O–H groups in total. The SMILES string of the molecule is Cc1cc([N+](=O)[O-])ccc1NCc1ccc(N2CCCC2=O)cc1. The van der Waals surface area contributed by atoms with Crippen LogP contribution in [0.5, 0.6) is 0 Å². The number of nitro benzene ring substituents is 1. The summed E-state index contributed by atoms with van der Waals surface area (Å²) in [5, 5.41) is 14.1. The van der Waals surface area contributed by atoms with Gasteiger partial charge in [-0.2, -0.15) is 0 Å². The maximum Gasteiger partial charge on any atom is 0.269 e. The number of amides is 1. The van der Waals surface area contributed by atoms with E-state index in [1.54, 1.807) is 12.1 Å². The normalized spacial score (nSPS) is 14.0. The molecule has 0 spiro atoms. The van der Waals surface area contributed by atoms with Crippen LogP contribution in [-0.2, 0) is 11.3 Å². The lowest BCUT2D eigenvalue weighted by Crippen LogP contribution is -2.23. The van der Waals surface area contributed by atoms with Gasteiger partial charge in [-0.3, -0.25) is 14.9 Å². The van der Waals surface area contributed by atoms with Crippen LogP contribution < -0.4 is 10.2 Å². The van der Waals surface area contributed by atoms with Crippen LogP contribution in [0.25, 0.3) is 0 Å². The number of carbonyl (C=O) groups excluding carboxylic acids is 1. The van der Waals surface area contributed by atoms with Crippen molar-refractivity contribution in [3.05, 3.63) is 63.7 Å². The second-order valence-electron chi connectivity index (χ2n) is 5.93. The van der Waals surface area contributed by atoms with E-state index in [2.05, 4.69) is 5.32 Å². The lowest BCUT2D eigenvalue weighted by Gasteiger charge is -2.16. The molecule has 124 valence electrons. The Hall–Kier alpha value is -2.89. The van der Waals surface area contributed by atoms with Crippen LogP contribution in [-0.4, -0.2) is 17.4 Å². The highest BCUT2D eigenvalue weighted by molar-refractivity contribution is 5.95. The van der Waals surface area contributed by atoms with E-state index in [0.717, 1.165) is 35.5 Å². The van der Waals surface area contributed by atoms with E-state index in [4.69, 9.17) is 0 Å². The van der Waals surface area contributed by atoms with Crippen LogP contribution in [0, 0.1) is 17.0 Å². The fourth-order valence-electron chi connectivity index (χ4n) is 2.87. The number of benzene rings is 2. The Morgan fingerprint density at radius 3 is 2.54 bits per heavy atom. The molecule has 0 aliphatic carbocycles. The van der Waals surface area contributed by atoms with Crippen molar-refractivity contribution in [1.82, 2.24) is 0 Å². The third-order valence-corrected chi connectivity index (χ3v) is 4.23. The van der Waals surface area contributed by atoms with Crippen LogP contribution in [0.2, 0.25) is 0 Å². The highest BCUT2D eigenvalue weighted by Crippen LogP contribution is 2.24. The first kappa shape index (κ1) is 16.0. The minimum Gasteiger partial charge on any atom is -0.381 e. The zero-order chi connectivity index (χ0) is 17.1. The second kappa shape index (κ2) is 6.70. The molecule has 1 fully saturated rings. The lowest BCUT2D eigenvalue weighted by molar-refractivity contribution is -0.384. The summed E-state index contributed by atoms with van der Waals surface area (Å²) in [5.41, 5.74) is 3.83. The highest BCUT2D eigenvalue weighted by Gasteiger charge is 2.21. The van der Waals surface area contributed by atoms with Crippen molar-refractivity contribution in [3.63, 3.8) is 0 Å². The van der Waals surface area contributed by atoms with E-state index in [0.29, 0.717) is 13.0 Å². The maximum absolute atomic E-state index is 11.7. The summed E-state index contributed by atoms with van der Waals surface area (Å²) in [6, 6.07) is 12.7. The van der Waals surface area contributed by atoms with Crippen molar-refractivity contribution in [1.29, 1.82) is 0 Å². The maximum atomic E-state index is 11.7. The van der Waals surface area contributed by atoms with Crippen LogP contribution >= 0.6 is 0 Å². The molecule has 24 heavy (non-hydrogen) atoms. The molecule has 3 rings (SSSR count). The number of nitrogens with zero attached hydrogens (tertiary/aromatic N) is 2. The Balaban J connectivity index is 1.64. The third kappa shape index (κ3) is 3.37. The summed E-state index contributed by atoms with van der Waals surface area (Å²) < 4.78 is 0. The molecule has 6 nitrogen and oxygen atoms in total. The first-order valence-electron chi connectivity index (χ1n) is 7.93. The van der Waals surface area contributed by atoms with Gasteiger partial charge in [0.2, 0.25) is 5.91 Å². The predicted octanol–water partition coefficient (Wildman–Crippen LogP) is 3.64. The Morgan fingerprint density at radius 1 is 1.21 bits per heavy atom. The molecule has 0 radical (unpaired) electrons. The molecule has 1 heterocycles. The molecule has 1 saturated heterocycles. The number of nitro groups is 1. The van der Waals surface area contributed by atoms with Crippen molar-refractivity contribution in [2.75, 3.05) is 16.8 Å². The molecule has 0 unspecified atom stereocenters. The zero-order valence-corrected chi connectivity index (χ0v) is 13.5. The Labute approximate surface area is 140 Å². The van der Waals surface area contributed by atoms with E-state index < -0.39 is 4.92 Å². The highest BCUT2D eigenvalue weighted by atomic mass is 16.6. The van der Waals surface area contributed by atoms with E-state index in [1.165, 1.54) is 6.07 Å². The van der Waals surface area contributed by atoms with Gasteiger partial charge < -0.3 is 10.2 Å². The van der Waals surface area contributed by atoms with Crippen LogP contribution in [0.1, 0.15) is 24.0 Å². The molecular formula is C18H19N3O3. The van der Waals surface area contributed by atoms with E-state index >= 15 is 0 Å². The summed E-state index contributed by atoms with van der Waals surface area (Å²) >= 11 is 0. The largest absolute Gasteiger partial charge is 0.381 e. The summed E-state index contributed by atoms with van der Waals surface area (Å²) in [6.07, 6.45) is 1.55. The van der Waals surface area contributed by atoms with Gasteiger partial charge in [-0.1, -0.05) is 12.1 Å². The van der Waals surface area contributed by atoms with Gasteiger partial charge in [-0.05, 0) is 42.7 Å². The minimum atomic E-state index is -0.394. The average molecular weight is 325 g/mol. The smallest absolute Gasteiger partial charge is 0.269 e. The Morgan fingerprint density at radius 2 is 1.96 bits per heavy atom. The van der Waals surface area contributed by atoms with Gasteiger partial charge in [0, 0.05) is 43.0 Å². The monoisotopic (exact) mass is 325 g/mol. The number of rotatable bonds is 5. The van der Waals surface area contributed by atoms with Crippen LogP contribution in [0.4, 0.5) is 17.1 Å². The van der Waals surface area contributed by atoms with Crippen molar-refractivity contribution in [3.8, 4) is 0 Å². The number of hydrogen-bond donors (Lipinski definition) is 1. The Kier molecular flexibility index (Phi) is 4.46. The number of nitrogens with one attached hydrogen (secondary N) is 1. The quantitative estimate of drug-likeness (QED) is 0.672. The first-order chi connectivity index (χ1) is 11.5. The molecule has 6 heteroatoms. The summed E-state index contributed by atoms with van der Waals surface area (Å²) in [7, 11) is 0. The molecule has 1 aliphatic heterocycles. The van der Waals surface area contributed by atoms with Crippen LogP contribution in [0.3, 0.4) is 0 Å². The zero-order valence-electron chi connectivity index (χ0n) is 13.5. The number of aryl methyl sites for hydroxylation is 1. The van der Waals surface area contributed by atoms with Gasteiger partial charge in [-0.15, -0.1) is 0 Å². The third-order valence-electron chi connectivity index (χ3n) is 4.23. The van der Waals surface area contributed by atoms with Gasteiger partial charge in [-0.25, -0.2) is 0 Å².